The summed E-state index contributed by atoms with van der Waals surface area (Å²) in [5.74, 6) is -0.250. The van der Waals surface area contributed by atoms with Crippen molar-refractivity contribution in [3.05, 3.63) is 29.6 Å². The van der Waals surface area contributed by atoms with Gasteiger partial charge in [-0.1, -0.05) is 6.92 Å². The van der Waals surface area contributed by atoms with E-state index in [0.717, 1.165) is 12.5 Å². The molecule has 7 heteroatoms. The number of rotatable bonds is 3. The van der Waals surface area contributed by atoms with Crippen molar-refractivity contribution in [2.45, 2.75) is 50.2 Å². The summed E-state index contributed by atoms with van der Waals surface area (Å²) in [6.07, 6.45) is 1.45. The molecule has 4 nitrogen and oxygen atoms in total. The lowest BCUT2D eigenvalue weighted by Gasteiger charge is -2.32. The molecule has 1 saturated carbocycles. The van der Waals surface area contributed by atoms with Gasteiger partial charge >= 0.3 is 0 Å². The van der Waals surface area contributed by atoms with Gasteiger partial charge in [0.2, 0.25) is 10.0 Å². The average Bonchev–Trinajstić information content (AvgIpc) is 2.36. The lowest BCUT2D eigenvalue weighted by Crippen LogP contribution is -2.44. The second-order valence-corrected chi connectivity index (χ2v) is 7.30. The van der Waals surface area contributed by atoms with Crippen molar-refractivity contribution >= 4 is 22.4 Å². The molecular formula is C14H21ClFNO3S. The van der Waals surface area contributed by atoms with E-state index in [1.165, 1.54) is 19.1 Å². The normalized spacial score (nSPS) is 26.2. The monoisotopic (exact) mass is 337 g/mol. The number of halogens is 2. The van der Waals surface area contributed by atoms with Crippen LogP contribution in [0, 0.1) is 18.7 Å². The third-order valence-corrected chi connectivity index (χ3v) is 5.40. The molecule has 0 bridgehead atoms. The van der Waals surface area contributed by atoms with Gasteiger partial charge in [0, 0.05) is 6.04 Å². The zero-order valence-electron chi connectivity index (χ0n) is 12.0. The fraction of sp³-hybridized carbons (Fsp3) is 0.571. The average molecular weight is 338 g/mol. The Morgan fingerprint density at radius 2 is 2.00 bits per heavy atom. The minimum atomic E-state index is -3.68. The predicted molar refractivity (Wildman–Crippen MR) is 81.5 cm³/mol. The first-order chi connectivity index (χ1) is 9.29. The maximum atomic E-state index is 13.2. The lowest BCUT2D eigenvalue weighted by molar-refractivity contribution is 0.0954. The Hall–Kier alpha value is -0.690. The van der Waals surface area contributed by atoms with Gasteiger partial charge in [-0.3, -0.25) is 0 Å². The zero-order chi connectivity index (χ0) is 14.9. The number of hydrogen-bond acceptors (Lipinski definition) is 3. The highest BCUT2D eigenvalue weighted by molar-refractivity contribution is 7.89. The van der Waals surface area contributed by atoms with Crippen molar-refractivity contribution in [3.8, 4) is 0 Å². The highest BCUT2D eigenvalue weighted by Crippen LogP contribution is 2.26. The Labute approximate surface area is 131 Å². The first kappa shape index (κ1) is 18.4. The summed E-state index contributed by atoms with van der Waals surface area (Å²) < 4.78 is 40.4. The molecule has 3 unspecified atom stereocenters. The molecule has 1 aromatic carbocycles. The van der Waals surface area contributed by atoms with Crippen LogP contribution in [0.25, 0.3) is 0 Å². The smallest absolute Gasteiger partial charge is 0.240 e. The van der Waals surface area contributed by atoms with Crippen LogP contribution < -0.4 is 4.72 Å². The van der Waals surface area contributed by atoms with Gasteiger partial charge in [0.15, 0.2) is 0 Å². The largest absolute Gasteiger partial charge is 0.393 e. The van der Waals surface area contributed by atoms with Crippen molar-refractivity contribution in [2.75, 3.05) is 0 Å². The molecule has 120 valence electrons. The Morgan fingerprint density at radius 3 is 2.62 bits per heavy atom. The van der Waals surface area contributed by atoms with E-state index in [2.05, 4.69) is 4.72 Å². The molecule has 2 rings (SSSR count). The molecule has 1 aliphatic carbocycles. The van der Waals surface area contributed by atoms with Crippen molar-refractivity contribution in [3.63, 3.8) is 0 Å². The van der Waals surface area contributed by atoms with Crippen LogP contribution in [-0.2, 0) is 10.0 Å². The fourth-order valence-corrected chi connectivity index (χ4v) is 3.96. The predicted octanol–water partition coefficient (Wildman–Crippen LogP) is 2.38. The molecule has 3 atom stereocenters. The number of sulfonamides is 1. The van der Waals surface area contributed by atoms with Crippen LogP contribution in [0.1, 0.15) is 31.7 Å². The molecule has 0 aromatic heterocycles. The second kappa shape index (κ2) is 7.05. The van der Waals surface area contributed by atoms with E-state index < -0.39 is 21.9 Å². The molecule has 1 aromatic rings. The molecule has 0 amide bonds. The third-order valence-electron chi connectivity index (χ3n) is 3.91. The zero-order valence-corrected chi connectivity index (χ0v) is 13.7. The maximum Gasteiger partial charge on any atom is 0.240 e. The summed E-state index contributed by atoms with van der Waals surface area (Å²) >= 11 is 0. The van der Waals surface area contributed by atoms with Crippen molar-refractivity contribution in [2.24, 2.45) is 5.92 Å². The number of aliphatic hydroxyl groups excluding tert-OH is 1. The highest BCUT2D eigenvalue weighted by atomic mass is 35.5. The Kier molecular flexibility index (Phi) is 6.16. The maximum absolute atomic E-state index is 13.2. The van der Waals surface area contributed by atoms with E-state index in [0.29, 0.717) is 18.4 Å². The Bertz CT molecular complexity index is 594. The summed E-state index contributed by atoms with van der Waals surface area (Å²) in [6, 6.07) is 3.45. The molecule has 0 spiro atoms. The van der Waals surface area contributed by atoms with Crippen molar-refractivity contribution in [1.29, 1.82) is 0 Å². The van der Waals surface area contributed by atoms with E-state index in [1.54, 1.807) is 0 Å². The highest BCUT2D eigenvalue weighted by Gasteiger charge is 2.30. The number of nitrogens with one attached hydrogen (secondary N) is 1. The third kappa shape index (κ3) is 4.39. The van der Waals surface area contributed by atoms with E-state index in [1.807, 2.05) is 6.92 Å². The molecular weight excluding hydrogens is 317 g/mol. The number of aryl methyl sites for hydroxylation is 1. The lowest BCUT2D eigenvalue weighted by atomic mass is 9.85. The van der Waals surface area contributed by atoms with Crippen LogP contribution in [-0.4, -0.2) is 25.7 Å². The number of hydrogen-bond donors (Lipinski definition) is 2. The summed E-state index contributed by atoms with van der Waals surface area (Å²) in [5, 5.41) is 9.66. The van der Waals surface area contributed by atoms with Crippen LogP contribution in [0.5, 0.6) is 0 Å². The summed E-state index contributed by atoms with van der Waals surface area (Å²) in [5.41, 5.74) is 0.296. The first-order valence-corrected chi connectivity index (χ1v) is 8.24. The van der Waals surface area contributed by atoms with Crippen molar-refractivity contribution < 1.29 is 17.9 Å². The molecule has 1 aliphatic rings. The first-order valence-electron chi connectivity index (χ1n) is 6.76. The topological polar surface area (TPSA) is 66.4 Å². The van der Waals surface area contributed by atoms with Gasteiger partial charge in [-0.25, -0.2) is 17.5 Å². The Balaban J connectivity index is 0.00000220. The summed E-state index contributed by atoms with van der Waals surface area (Å²) in [4.78, 5) is 0.0589. The van der Waals surface area contributed by atoms with E-state index in [4.69, 9.17) is 0 Å². The number of benzene rings is 1. The van der Waals surface area contributed by atoms with E-state index in [-0.39, 0.29) is 29.3 Å². The summed E-state index contributed by atoms with van der Waals surface area (Å²) in [7, 11) is -3.68. The van der Waals surface area contributed by atoms with Crippen LogP contribution in [0.15, 0.2) is 23.1 Å². The second-order valence-electron chi connectivity index (χ2n) is 5.58. The van der Waals surface area contributed by atoms with Gasteiger partial charge < -0.3 is 5.11 Å². The minimum Gasteiger partial charge on any atom is -0.393 e. The minimum absolute atomic E-state index is 0. The quantitative estimate of drug-likeness (QED) is 0.890. The summed E-state index contributed by atoms with van der Waals surface area (Å²) in [6.45, 7) is 3.50. The van der Waals surface area contributed by atoms with Gasteiger partial charge in [0.25, 0.3) is 0 Å². The van der Waals surface area contributed by atoms with Crippen LogP contribution in [0.2, 0.25) is 0 Å². The Morgan fingerprint density at radius 1 is 1.33 bits per heavy atom. The van der Waals surface area contributed by atoms with Gasteiger partial charge in [0.1, 0.15) is 5.82 Å². The van der Waals surface area contributed by atoms with Crippen LogP contribution >= 0.6 is 12.4 Å². The van der Waals surface area contributed by atoms with E-state index in [9.17, 15) is 17.9 Å². The van der Waals surface area contributed by atoms with Crippen molar-refractivity contribution in [1.82, 2.24) is 4.72 Å². The van der Waals surface area contributed by atoms with Crippen LogP contribution in [0.3, 0.4) is 0 Å². The molecule has 2 N–H and O–H groups in total. The van der Waals surface area contributed by atoms with Gasteiger partial charge in [-0.15, -0.1) is 12.4 Å². The van der Waals surface area contributed by atoms with Crippen LogP contribution in [0.4, 0.5) is 4.39 Å². The van der Waals surface area contributed by atoms with Gasteiger partial charge in [-0.2, -0.15) is 0 Å². The van der Waals surface area contributed by atoms with E-state index >= 15 is 0 Å². The SMILES string of the molecule is Cc1cc(S(=O)(=O)NC2CC(O)CCC2C)ccc1F.Cl. The standard InChI is InChI=1S/C14H20FNO3S.ClH/c1-9-3-4-11(17)8-14(9)16-20(18,19)12-5-6-13(15)10(2)7-12;/h5-7,9,11,14,16-17H,3-4,8H2,1-2H3;1H. The molecule has 0 heterocycles. The molecule has 1 fully saturated rings. The molecule has 0 saturated heterocycles. The molecule has 0 aliphatic heterocycles. The molecule has 0 radical (unpaired) electrons. The fourth-order valence-electron chi connectivity index (χ4n) is 2.52. The number of aliphatic hydroxyl groups is 1. The molecule has 21 heavy (non-hydrogen) atoms. The van der Waals surface area contributed by atoms with Gasteiger partial charge in [0.05, 0.1) is 11.0 Å². The van der Waals surface area contributed by atoms with Gasteiger partial charge in [-0.05, 0) is 55.9 Å².